The predicted octanol–water partition coefficient (Wildman–Crippen LogP) is 2.19. The first-order chi connectivity index (χ1) is 7.88. The Labute approximate surface area is 95.3 Å². The highest BCUT2D eigenvalue weighted by molar-refractivity contribution is 5.42. The molecular weight excluding hydrogens is 204 g/mol. The van der Waals surface area contributed by atoms with Gasteiger partial charge in [0, 0.05) is 6.07 Å². The third-order valence-electron chi connectivity index (χ3n) is 2.50. The van der Waals surface area contributed by atoms with E-state index >= 15 is 0 Å². The predicted molar refractivity (Wildman–Crippen MR) is 62.5 cm³/mol. The van der Waals surface area contributed by atoms with Gasteiger partial charge in [-0.05, 0) is 25.0 Å². The Hall–Kier alpha value is -1.71. The molecule has 16 heavy (non-hydrogen) atoms. The van der Waals surface area contributed by atoms with Crippen molar-refractivity contribution in [1.29, 1.82) is 0 Å². The zero-order valence-electron chi connectivity index (χ0n) is 9.35. The second kappa shape index (κ2) is 5.39. The molecule has 1 unspecified atom stereocenters. The van der Waals surface area contributed by atoms with E-state index in [-0.39, 0.29) is 6.10 Å². The van der Waals surface area contributed by atoms with Crippen molar-refractivity contribution in [3.05, 3.63) is 30.7 Å². The maximum Gasteiger partial charge on any atom is 0.213 e. The number of pyridine rings is 1. The minimum atomic E-state index is 0.257. The van der Waals surface area contributed by atoms with Crippen LogP contribution in [0.4, 0.5) is 5.69 Å². The smallest absolute Gasteiger partial charge is 0.213 e. The van der Waals surface area contributed by atoms with E-state index in [1.54, 1.807) is 19.6 Å². The maximum absolute atomic E-state index is 5.46. The van der Waals surface area contributed by atoms with Gasteiger partial charge in [0.05, 0.1) is 31.8 Å². The van der Waals surface area contributed by atoms with Gasteiger partial charge in [-0.2, -0.15) is 0 Å². The van der Waals surface area contributed by atoms with Crippen LogP contribution in [0.5, 0.6) is 5.88 Å². The maximum atomic E-state index is 5.46. The van der Waals surface area contributed by atoms with E-state index < -0.39 is 0 Å². The quantitative estimate of drug-likeness (QED) is 0.844. The van der Waals surface area contributed by atoms with Crippen molar-refractivity contribution < 1.29 is 9.47 Å². The third-order valence-corrected chi connectivity index (χ3v) is 2.50. The van der Waals surface area contributed by atoms with Crippen molar-refractivity contribution in [1.82, 2.24) is 4.98 Å². The third kappa shape index (κ3) is 2.89. The molecule has 1 atom stereocenters. The van der Waals surface area contributed by atoms with Crippen LogP contribution in [0, 0.1) is 0 Å². The molecule has 1 aliphatic heterocycles. The van der Waals surface area contributed by atoms with Crippen molar-refractivity contribution in [3.63, 3.8) is 0 Å². The SMILES string of the molecule is COc1ccc(NCC2CCC=CO2)cn1. The summed E-state index contributed by atoms with van der Waals surface area (Å²) >= 11 is 0. The standard InChI is InChI=1S/C12H16N2O2/c1-15-12-6-5-10(8-14-12)13-9-11-4-2-3-7-16-11/h3,5-8,11,13H,2,4,9H2,1H3. The fraction of sp³-hybridized carbons (Fsp3) is 0.417. The molecule has 0 saturated heterocycles. The average Bonchev–Trinajstić information content (AvgIpc) is 2.38. The minimum absolute atomic E-state index is 0.257. The second-order valence-corrected chi connectivity index (χ2v) is 3.68. The average molecular weight is 220 g/mol. The molecule has 0 amide bonds. The fourth-order valence-corrected chi connectivity index (χ4v) is 1.57. The number of allylic oxidation sites excluding steroid dienone is 1. The highest BCUT2D eigenvalue weighted by Gasteiger charge is 2.10. The molecule has 0 bridgehead atoms. The van der Waals surface area contributed by atoms with Crippen LogP contribution in [-0.4, -0.2) is 24.7 Å². The van der Waals surface area contributed by atoms with E-state index in [9.17, 15) is 0 Å². The Morgan fingerprint density at radius 2 is 2.50 bits per heavy atom. The van der Waals surface area contributed by atoms with Gasteiger partial charge in [-0.15, -0.1) is 0 Å². The number of hydrogen-bond acceptors (Lipinski definition) is 4. The number of ether oxygens (including phenoxy) is 2. The minimum Gasteiger partial charge on any atom is -0.497 e. The summed E-state index contributed by atoms with van der Waals surface area (Å²) in [6.45, 7) is 0.804. The normalized spacial score (nSPS) is 18.9. The number of aromatic nitrogens is 1. The summed E-state index contributed by atoms with van der Waals surface area (Å²) in [5.41, 5.74) is 0.985. The molecule has 0 saturated carbocycles. The van der Waals surface area contributed by atoms with Crippen molar-refractivity contribution in [2.45, 2.75) is 18.9 Å². The largest absolute Gasteiger partial charge is 0.497 e. The molecule has 4 nitrogen and oxygen atoms in total. The molecule has 1 N–H and O–H groups in total. The van der Waals surface area contributed by atoms with Crippen molar-refractivity contribution in [2.75, 3.05) is 19.0 Å². The molecule has 1 aliphatic rings. The van der Waals surface area contributed by atoms with Crippen LogP contribution in [0.2, 0.25) is 0 Å². The molecule has 86 valence electrons. The highest BCUT2D eigenvalue weighted by atomic mass is 16.5. The number of nitrogens with one attached hydrogen (secondary N) is 1. The summed E-state index contributed by atoms with van der Waals surface area (Å²) in [6, 6.07) is 3.79. The zero-order valence-corrected chi connectivity index (χ0v) is 9.35. The van der Waals surface area contributed by atoms with Gasteiger partial charge >= 0.3 is 0 Å². The number of hydrogen-bond donors (Lipinski definition) is 1. The Bertz CT molecular complexity index is 349. The lowest BCUT2D eigenvalue weighted by atomic mass is 10.1. The van der Waals surface area contributed by atoms with Crippen molar-refractivity contribution >= 4 is 5.69 Å². The molecule has 1 aromatic rings. The Kier molecular flexibility index (Phi) is 3.64. The molecule has 0 aliphatic carbocycles. The Morgan fingerprint density at radius 3 is 3.12 bits per heavy atom. The first-order valence-corrected chi connectivity index (χ1v) is 5.43. The van der Waals surface area contributed by atoms with Crippen LogP contribution in [0.3, 0.4) is 0 Å². The molecule has 2 heterocycles. The van der Waals surface area contributed by atoms with E-state index in [4.69, 9.17) is 9.47 Å². The van der Waals surface area contributed by atoms with Gasteiger partial charge in [-0.1, -0.05) is 0 Å². The number of rotatable bonds is 4. The van der Waals surface area contributed by atoms with Crippen LogP contribution < -0.4 is 10.1 Å². The zero-order chi connectivity index (χ0) is 11.2. The monoisotopic (exact) mass is 220 g/mol. The van der Waals surface area contributed by atoms with Gasteiger partial charge in [0.2, 0.25) is 5.88 Å². The van der Waals surface area contributed by atoms with Gasteiger partial charge in [-0.25, -0.2) is 4.98 Å². The van der Waals surface area contributed by atoms with E-state index in [2.05, 4.69) is 10.3 Å². The first-order valence-electron chi connectivity index (χ1n) is 5.43. The van der Waals surface area contributed by atoms with Gasteiger partial charge in [0.25, 0.3) is 0 Å². The summed E-state index contributed by atoms with van der Waals surface area (Å²) in [7, 11) is 1.61. The van der Waals surface area contributed by atoms with Crippen LogP contribution in [0.1, 0.15) is 12.8 Å². The number of nitrogens with zero attached hydrogens (tertiary/aromatic N) is 1. The second-order valence-electron chi connectivity index (χ2n) is 3.68. The van der Waals surface area contributed by atoms with Gasteiger partial charge in [-0.3, -0.25) is 0 Å². The van der Waals surface area contributed by atoms with Gasteiger partial charge in [0.15, 0.2) is 0 Å². The van der Waals surface area contributed by atoms with Gasteiger partial charge in [0.1, 0.15) is 6.10 Å². The van der Waals surface area contributed by atoms with E-state index in [0.717, 1.165) is 25.1 Å². The van der Waals surface area contributed by atoms with Gasteiger partial charge < -0.3 is 14.8 Å². The molecule has 0 spiro atoms. The van der Waals surface area contributed by atoms with Crippen LogP contribution >= 0.6 is 0 Å². The molecule has 1 aromatic heterocycles. The first kappa shape index (κ1) is 10.8. The van der Waals surface area contributed by atoms with Crippen molar-refractivity contribution in [2.24, 2.45) is 0 Å². The molecule has 0 radical (unpaired) electrons. The van der Waals surface area contributed by atoms with Crippen LogP contribution in [0.15, 0.2) is 30.7 Å². The lowest BCUT2D eigenvalue weighted by molar-refractivity contribution is 0.135. The van der Waals surface area contributed by atoms with E-state index in [1.807, 2.05) is 18.2 Å². The summed E-state index contributed by atoms with van der Waals surface area (Å²) in [6.07, 6.45) is 8.00. The van der Waals surface area contributed by atoms with Crippen molar-refractivity contribution in [3.8, 4) is 5.88 Å². The summed E-state index contributed by atoms with van der Waals surface area (Å²) < 4.78 is 10.4. The summed E-state index contributed by atoms with van der Waals surface area (Å²) in [4.78, 5) is 4.12. The topological polar surface area (TPSA) is 43.4 Å². The molecular formula is C12H16N2O2. The summed E-state index contributed by atoms with van der Waals surface area (Å²) in [5, 5.41) is 3.29. The molecule has 4 heteroatoms. The molecule has 0 aromatic carbocycles. The lowest BCUT2D eigenvalue weighted by Gasteiger charge is -2.20. The number of methoxy groups -OCH3 is 1. The van der Waals surface area contributed by atoms with E-state index in [1.165, 1.54) is 0 Å². The van der Waals surface area contributed by atoms with E-state index in [0.29, 0.717) is 5.88 Å². The van der Waals surface area contributed by atoms with Crippen LogP contribution in [-0.2, 0) is 4.74 Å². The number of anilines is 1. The Balaban J connectivity index is 1.82. The molecule has 0 fully saturated rings. The fourth-order valence-electron chi connectivity index (χ4n) is 1.57. The lowest BCUT2D eigenvalue weighted by Crippen LogP contribution is -2.22. The summed E-state index contributed by atoms with van der Waals surface area (Å²) in [5.74, 6) is 0.627. The Morgan fingerprint density at radius 1 is 1.56 bits per heavy atom. The molecule has 2 rings (SSSR count). The van der Waals surface area contributed by atoms with Crippen LogP contribution in [0.25, 0.3) is 0 Å². The highest BCUT2D eigenvalue weighted by Crippen LogP contribution is 2.14.